The van der Waals surface area contributed by atoms with E-state index >= 15 is 0 Å². The predicted octanol–water partition coefficient (Wildman–Crippen LogP) is 2.05. The highest BCUT2D eigenvalue weighted by Crippen LogP contribution is 2.58. The molecule has 1 saturated carbocycles. The maximum atomic E-state index is 12.4. The van der Waals surface area contributed by atoms with Gasteiger partial charge >= 0.3 is 5.97 Å². The van der Waals surface area contributed by atoms with E-state index in [1.165, 1.54) is 18.2 Å². The molecule has 0 unspecified atom stereocenters. The van der Waals surface area contributed by atoms with Crippen molar-refractivity contribution in [3.63, 3.8) is 0 Å². The standard InChI is InChI=1S/C16H17N3O5/c1-7-18-19-14(24-7)9-6-8(4-5-10(9)20)17-13(21)11-12(15(22)23)16(11,2)3/h4-6,11-12,20H,1-3H3,(H,17,21)(H,22,23)/t11-,12-/m1/s1. The Morgan fingerprint density at radius 1 is 1.25 bits per heavy atom. The summed E-state index contributed by atoms with van der Waals surface area (Å²) in [6.45, 7) is 5.12. The van der Waals surface area contributed by atoms with Crippen LogP contribution in [0.3, 0.4) is 0 Å². The molecule has 0 radical (unpaired) electrons. The summed E-state index contributed by atoms with van der Waals surface area (Å²) >= 11 is 0. The van der Waals surface area contributed by atoms with Crippen molar-refractivity contribution in [2.75, 3.05) is 5.32 Å². The molecule has 1 aromatic heterocycles. The molecule has 1 amide bonds. The number of hydrogen-bond acceptors (Lipinski definition) is 6. The first-order chi connectivity index (χ1) is 11.2. The first-order valence-electron chi connectivity index (χ1n) is 7.39. The van der Waals surface area contributed by atoms with Crippen molar-refractivity contribution < 1.29 is 24.2 Å². The van der Waals surface area contributed by atoms with Crippen LogP contribution in [0.15, 0.2) is 22.6 Å². The lowest BCUT2D eigenvalue weighted by atomic mass is 10.1. The van der Waals surface area contributed by atoms with Crippen LogP contribution in [0.5, 0.6) is 5.75 Å². The van der Waals surface area contributed by atoms with E-state index in [1.807, 2.05) is 0 Å². The molecule has 0 bridgehead atoms. The zero-order chi connectivity index (χ0) is 17.6. The number of aliphatic carboxylic acids is 1. The smallest absolute Gasteiger partial charge is 0.307 e. The molecule has 2 aromatic rings. The molecule has 1 aliphatic rings. The van der Waals surface area contributed by atoms with Crippen LogP contribution in [0.2, 0.25) is 0 Å². The number of phenolic OH excluding ortho intramolecular Hbond substituents is 1. The van der Waals surface area contributed by atoms with E-state index in [1.54, 1.807) is 20.8 Å². The number of aryl methyl sites for hydroxylation is 1. The monoisotopic (exact) mass is 331 g/mol. The molecule has 8 nitrogen and oxygen atoms in total. The number of carboxylic acids is 1. The number of benzene rings is 1. The fourth-order valence-electron chi connectivity index (χ4n) is 3.00. The first-order valence-corrected chi connectivity index (χ1v) is 7.39. The molecular weight excluding hydrogens is 314 g/mol. The molecular formula is C16H17N3O5. The Kier molecular flexibility index (Phi) is 3.55. The molecule has 1 aromatic carbocycles. The highest BCUT2D eigenvalue weighted by molar-refractivity contribution is 6.00. The van der Waals surface area contributed by atoms with Crippen molar-refractivity contribution >= 4 is 17.6 Å². The minimum atomic E-state index is -0.979. The number of aromatic nitrogens is 2. The van der Waals surface area contributed by atoms with E-state index in [9.17, 15) is 14.7 Å². The maximum Gasteiger partial charge on any atom is 0.307 e. The second-order valence-electron chi connectivity index (χ2n) is 6.46. The Bertz CT molecular complexity index is 827. The lowest BCUT2D eigenvalue weighted by molar-refractivity contribution is -0.140. The van der Waals surface area contributed by atoms with Crippen LogP contribution in [0.4, 0.5) is 5.69 Å². The lowest BCUT2D eigenvalue weighted by Gasteiger charge is -2.08. The van der Waals surface area contributed by atoms with Crippen molar-refractivity contribution in [2.24, 2.45) is 17.3 Å². The molecule has 8 heteroatoms. The summed E-state index contributed by atoms with van der Waals surface area (Å²) in [5.41, 5.74) is 0.118. The van der Waals surface area contributed by atoms with Crippen LogP contribution in [-0.4, -0.2) is 32.3 Å². The van der Waals surface area contributed by atoms with Gasteiger partial charge in [0.2, 0.25) is 11.8 Å². The molecule has 1 heterocycles. The molecule has 1 fully saturated rings. The Morgan fingerprint density at radius 3 is 2.50 bits per heavy atom. The molecule has 0 aliphatic heterocycles. The van der Waals surface area contributed by atoms with Crippen molar-refractivity contribution in [3.05, 3.63) is 24.1 Å². The van der Waals surface area contributed by atoms with Crippen LogP contribution in [0.25, 0.3) is 11.5 Å². The largest absolute Gasteiger partial charge is 0.507 e. The fourth-order valence-corrected chi connectivity index (χ4v) is 3.00. The number of anilines is 1. The van der Waals surface area contributed by atoms with Crippen molar-refractivity contribution in [1.29, 1.82) is 0 Å². The third-order valence-electron chi connectivity index (χ3n) is 4.40. The Morgan fingerprint density at radius 2 is 1.96 bits per heavy atom. The normalized spacial score (nSPS) is 21.3. The molecule has 1 aliphatic carbocycles. The molecule has 3 rings (SSSR count). The number of amides is 1. The molecule has 0 spiro atoms. The third kappa shape index (κ3) is 2.60. The average Bonchev–Trinajstić information content (AvgIpc) is 2.84. The molecule has 3 N–H and O–H groups in total. The van der Waals surface area contributed by atoms with Crippen LogP contribution >= 0.6 is 0 Å². The van der Waals surface area contributed by atoms with Crippen LogP contribution in [0, 0.1) is 24.2 Å². The van der Waals surface area contributed by atoms with E-state index < -0.39 is 23.2 Å². The fraction of sp³-hybridized carbons (Fsp3) is 0.375. The molecule has 0 saturated heterocycles. The van der Waals surface area contributed by atoms with Crippen LogP contribution < -0.4 is 5.32 Å². The van der Waals surface area contributed by atoms with Gasteiger partial charge in [0, 0.05) is 12.6 Å². The number of carbonyl (C=O) groups excluding carboxylic acids is 1. The molecule has 24 heavy (non-hydrogen) atoms. The summed E-state index contributed by atoms with van der Waals surface area (Å²) in [7, 11) is 0. The van der Waals surface area contributed by atoms with Crippen LogP contribution in [0.1, 0.15) is 19.7 Å². The van der Waals surface area contributed by atoms with E-state index in [0.717, 1.165) is 0 Å². The van der Waals surface area contributed by atoms with Gasteiger partial charge in [0.15, 0.2) is 0 Å². The Balaban J connectivity index is 1.82. The van der Waals surface area contributed by atoms with Gasteiger partial charge < -0.3 is 19.9 Å². The van der Waals surface area contributed by atoms with Gasteiger partial charge in [-0.2, -0.15) is 0 Å². The molecule has 126 valence electrons. The number of carbonyl (C=O) groups is 2. The maximum absolute atomic E-state index is 12.4. The number of rotatable bonds is 4. The van der Waals surface area contributed by atoms with Crippen molar-refractivity contribution in [2.45, 2.75) is 20.8 Å². The second-order valence-corrected chi connectivity index (χ2v) is 6.46. The summed E-state index contributed by atoms with van der Waals surface area (Å²) < 4.78 is 5.28. The van der Waals surface area contributed by atoms with Gasteiger partial charge in [-0.1, -0.05) is 13.8 Å². The number of hydrogen-bond donors (Lipinski definition) is 3. The van der Waals surface area contributed by atoms with E-state index in [4.69, 9.17) is 9.52 Å². The quantitative estimate of drug-likeness (QED) is 0.732. The topological polar surface area (TPSA) is 126 Å². The van der Waals surface area contributed by atoms with E-state index in [0.29, 0.717) is 17.1 Å². The molecule has 2 atom stereocenters. The predicted molar refractivity (Wildman–Crippen MR) is 83.2 cm³/mol. The SMILES string of the molecule is Cc1nnc(-c2cc(NC(=O)[C@H]3[C@H](C(=O)O)C3(C)C)ccc2O)o1. The number of aromatic hydroxyl groups is 1. The number of carboxylic acid groups (broad SMARTS) is 1. The first kappa shape index (κ1) is 16.0. The Labute approximate surface area is 137 Å². The summed E-state index contributed by atoms with van der Waals surface area (Å²) in [6, 6.07) is 4.42. The zero-order valence-electron chi connectivity index (χ0n) is 13.4. The summed E-state index contributed by atoms with van der Waals surface area (Å²) in [4.78, 5) is 23.5. The number of nitrogens with one attached hydrogen (secondary N) is 1. The average molecular weight is 331 g/mol. The summed E-state index contributed by atoms with van der Waals surface area (Å²) in [5.74, 6) is -2.23. The number of nitrogens with zero attached hydrogens (tertiary/aromatic N) is 2. The second kappa shape index (κ2) is 5.33. The van der Waals surface area contributed by atoms with Crippen molar-refractivity contribution in [3.8, 4) is 17.2 Å². The van der Waals surface area contributed by atoms with Gasteiger partial charge in [0.25, 0.3) is 5.89 Å². The van der Waals surface area contributed by atoms with E-state index in [-0.39, 0.29) is 17.5 Å². The summed E-state index contributed by atoms with van der Waals surface area (Å²) in [5, 5.41) is 29.3. The van der Waals surface area contributed by atoms with Gasteiger partial charge in [-0.3, -0.25) is 9.59 Å². The summed E-state index contributed by atoms with van der Waals surface area (Å²) in [6.07, 6.45) is 0. The zero-order valence-corrected chi connectivity index (χ0v) is 13.4. The Hall–Kier alpha value is -2.90. The van der Waals surface area contributed by atoms with Gasteiger partial charge in [-0.15, -0.1) is 10.2 Å². The highest BCUT2D eigenvalue weighted by Gasteiger charge is 2.65. The van der Waals surface area contributed by atoms with E-state index in [2.05, 4.69) is 15.5 Å². The minimum absolute atomic E-state index is 0.0631. The highest BCUT2D eigenvalue weighted by atomic mass is 16.4. The van der Waals surface area contributed by atoms with Gasteiger partial charge in [-0.05, 0) is 23.6 Å². The van der Waals surface area contributed by atoms with Gasteiger partial charge in [0.05, 0.1) is 17.4 Å². The van der Waals surface area contributed by atoms with Crippen molar-refractivity contribution in [1.82, 2.24) is 10.2 Å². The third-order valence-corrected chi connectivity index (χ3v) is 4.40. The van der Waals surface area contributed by atoms with Gasteiger partial charge in [0.1, 0.15) is 5.75 Å². The van der Waals surface area contributed by atoms with Gasteiger partial charge in [-0.25, -0.2) is 0 Å². The lowest BCUT2D eigenvalue weighted by Crippen LogP contribution is -2.17. The van der Waals surface area contributed by atoms with Crippen LogP contribution in [-0.2, 0) is 9.59 Å². The minimum Gasteiger partial charge on any atom is -0.507 e. The number of phenols is 1.